The van der Waals surface area contributed by atoms with Gasteiger partial charge in [0.1, 0.15) is 0 Å². The molecular weight excluding hydrogens is 386 g/mol. The highest BCUT2D eigenvalue weighted by Crippen LogP contribution is 2.27. The van der Waals surface area contributed by atoms with Crippen molar-refractivity contribution in [3.05, 3.63) is 35.4 Å². The number of amides is 1. The topological polar surface area (TPSA) is 60.0 Å². The van der Waals surface area contributed by atoms with Crippen molar-refractivity contribution >= 4 is 11.9 Å². The lowest BCUT2D eigenvalue weighted by Crippen LogP contribution is -2.45. The van der Waals surface area contributed by atoms with Crippen LogP contribution in [-0.4, -0.2) is 60.9 Å². The lowest BCUT2D eigenvalue weighted by Gasteiger charge is -2.26. The van der Waals surface area contributed by atoms with E-state index in [0.29, 0.717) is 5.91 Å². The van der Waals surface area contributed by atoms with E-state index in [2.05, 4.69) is 49.7 Å². The van der Waals surface area contributed by atoms with Gasteiger partial charge < -0.3 is 15.5 Å². The summed E-state index contributed by atoms with van der Waals surface area (Å²) in [6.45, 7) is 5.94. The van der Waals surface area contributed by atoms with Crippen LogP contribution in [0, 0.1) is 5.92 Å². The van der Waals surface area contributed by atoms with Crippen LogP contribution in [-0.2, 0) is 17.9 Å². The summed E-state index contributed by atoms with van der Waals surface area (Å²) in [5, 5.41) is 6.95. The number of benzene rings is 1. The second-order valence-corrected chi connectivity index (χ2v) is 9.47. The molecule has 1 amide bonds. The summed E-state index contributed by atoms with van der Waals surface area (Å²) >= 11 is 0. The fourth-order valence-electron chi connectivity index (χ4n) is 5.22. The quantitative estimate of drug-likeness (QED) is 0.543. The van der Waals surface area contributed by atoms with Gasteiger partial charge in [0.05, 0.1) is 0 Å². The first kappa shape index (κ1) is 22.1. The predicted octanol–water partition coefficient (Wildman–Crippen LogP) is 3.13. The first-order chi connectivity index (χ1) is 15.2. The normalized spacial score (nSPS) is 23.3. The van der Waals surface area contributed by atoms with Crippen molar-refractivity contribution in [1.29, 1.82) is 0 Å². The fourth-order valence-corrected chi connectivity index (χ4v) is 5.22. The van der Waals surface area contributed by atoms with Crippen LogP contribution in [0.1, 0.15) is 62.5 Å². The highest BCUT2D eigenvalue weighted by molar-refractivity contribution is 5.81. The molecule has 0 aromatic heterocycles. The third-order valence-electron chi connectivity index (χ3n) is 7.11. The summed E-state index contributed by atoms with van der Waals surface area (Å²) in [7, 11) is 1.81. The van der Waals surface area contributed by atoms with Crippen molar-refractivity contribution in [2.75, 3.05) is 33.2 Å². The Morgan fingerprint density at radius 1 is 0.968 bits per heavy atom. The van der Waals surface area contributed by atoms with Gasteiger partial charge in [-0.3, -0.25) is 14.7 Å². The number of likely N-dealkylation sites (tertiary alicyclic amines) is 2. The van der Waals surface area contributed by atoms with Crippen LogP contribution in [0.4, 0.5) is 0 Å². The van der Waals surface area contributed by atoms with Crippen LogP contribution >= 0.6 is 0 Å². The van der Waals surface area contributed by atoms with Crippen LogP contribution < -0.4 is 10.6 Å². The SMILES string of the molecule is CN=C(NCc1ccc(CN2CCCCC2)cc1)NC1CCN(C(=O)C2CCCC2)C1. The van der Waals surface area contributed by atoms with Gasteiger partial charge in [0, 0.05) is 45.2 Å². The minimum Gasteiger partial charge on any atom is -0.352 e. The Labute approximate surface area is 187 Å². The maximum atomic E-state index is 12.7. The maximum Gasteiger partial charge on any atom is 0.225 e. The lowest BCUT2D eigenvalue weighted by molar-refractivity contribution is -0.134. The van der Waals surface area contributed by atoms with E-state index in [-0.39, 0.29) is 12.0 Å². The van der Waals surface area contributed by atoms with Gasteiger partial charge in [-0.2, -0.15) is 0 Å². The molecule has 2 saturated heterocycles. The number of carbonyl (C=O) groups is 1. The molecule has 1 aromatic rings. The average molecular weight is 426 g/mol. The largest absolute Gasteiger partial charge is 0.352 e. The Balaban J connectivity index is 1.20. The van der Waals surface area contributed by atoms with Gasteiger partial charge in [-0.25, -0.2) is 0 Å². The van der Waals surface area contributed by atoms with Crippen molar-refractivity contribution in [2.24, 2.45) is 10.9 Å². The monoisotopic (exact) mass is 425 g/mol. The van der Waals surface area contributed by atoms with Crippen molar-refractivity contribution < 1.29 is 4.79 Å². The Kier molecular flexibility index (Phi) is 7.84. The van der Waals surface area contributed by atoms with Gasteiger partial charge in [-0.15, -0.1) is 0 Å². The summed E-state index contributed by atoms with van der Waals surface area (Å²) in [5.74, 6) is 1.46. The van der Waals surface area contributed by atoms with Gasteiger partial charge in [-0.05, 0) is 56.3 Å². The van der Waals surface area contributed by atoms with E-state index in [1.54, 1.807) is 0 Å². The molecule has 3 aliphatic rings. The first-order valence-corrected chi connectivity index (χ1v) is 12.3. The number of aliphatic imine (C=N–C) groups is 1. The number of carbonyl (C=O) groups excluding carboxylic acids is 1. The number of rotatable bonds is 6. The summed E-state index contributed by atoms with van der Waals surface area (Å²) < 4.78 is 0. The summed E-state index contributed by atoms with van der Waals surface area (Å²) in [6, 6.07) is 9.23. The standard InChI is InChI=1S/C25H39N5O/c1-26-25(28-23-13-16-30(19-23)24(31)22-7-3-4-8-22)27-17-20-9-11-21(12-10-20)18-29-14-5-2-6-15-29/h9-12,22-23H,2-8,13-19H2,1H3,(H2,26,27,28). The molecule has 1 unspecified atom stereocenters. The Hall–Kier alpha value is -2.08. The Morgan fingerprint density at radius 3 is 2.39 bits per heavy atom. The Morgan fingerprint density at radius 2 is 1.68 bits per heavy atom. The highest BCUT2D eigenvalue weighted by atomic mass is 16.2. The van der Waals surface area contributed by atoms with Crippen molar-refractivity contribution in [3.8, 4) is 0 Å². The Bertz CT molecular complexity index is 735. The molecule has 6 nitrogen and oxygen atoms in total. The molecule has 1 saturated carbocycles. The molecule has 0 bridgehead atoms. The predicted molar refractivity (Wildman–Crippen MR) is 126 cm³/mol. The van der Waals surface area contributed by atoms with Crippen LogP contribution in [0.3, 0.4) is 0 Å². The molecular formula is C25H39N5O. The molecule has 2 N–H and O–H groups in total. The van der Waals surface area contributed by atoms with Crippen LogP contribution in [0.25, 0.3) is 0 Å². The van der Waals surface area contributed by atoms with Gasteiger partial charge in [-0.1, -0.05) is 43.5 Å². The van der Waals surface area contributed by atoms with E-state index in [9.17, 15) is 4.79 Å². The van der Waals surface area contributed by atoms with Crippen LogP contribution in [0.15, 0.2) is 29.3 Å². The number of guanidine groups is 1. The number of nitrogens with one attached hydrogen (secondary N) is 2. The van der Waals surface area contributed by atoms with Gasteiger partial charge in [0.2, 0.25) is 5.91 Å². The molecule has 31 heavy (non-hydrogen) atoms. The second kappa shape index (κ2) is 11.0. The number of hydrogen-bond acceptors (Lipinski definition) is 3. The maximum absolute atomic E-state index is 12.7. The third-order valence-corrected chi connectivity index (χ3v) is 7.11. The van der Waals surface area contributed by atoms with E-state index in [0.717, 1.165) is 51.4 Å². The van der Waals surface area contributed by atoms with Crippen LogP contribution in [0.5, 0.6) is 0 Å². The van der Waals surface area contributed by atoms with Gasteiger partial charge >= 0.3 is 0 Å². The third kappa shape index (κ3) is 6.22. The van der Waals surface area contributed by atoms with E-state index in [1.165, 1.54) is 56.3 Å². The van der Waals surface area contributed by atoms with E-state index < -0.39 is 0 Å². The lowest BCUT2D eigenvalue weighted by atomic mass is 10.1. The molecule has 0 radical (unpaired) electrons. The zero-order chi connectivity index (χ0) is 21.5. The minimum absolute atomic E-state index is 0.272. The molecule has 1 atom stereocenters. The first-order valence-electron chi connectivity index (χ1n) is 12.3. The van der Waals surface area contributed by atoms with Crippen LogP contribution in [0.2, 0.25) is 0 Å². The summed E-state index contributed by atoms with van der Waals surface area (Å²) in [5.41, 5.74) is 2.65. The molecule has 6 heteroatoms. The summed E-state index contributed by atoms with van der Waals surface area (Å²) in [4.78, 5) is 21.7. The molecule has 1 aliphatic carbocycles. The molecule has 170 valence electrons. The van der Waals surface area contributed by atoms with Crippen molar-refractivity contribution in [3.63, 3.8) is 0 Å². The molecule has 1 aromatic carbocycles. The van der Waals surface area contributed by atoms with E-state index in [1.807, 2.05) is 7.05 Å². The number of nitrogens with zero attached hydrogens (tertiary/aromatic N) is 3. The molecule has 2 aliphatic heterocycles. The number of hydrogen-bond donors (Lipinski definition) is 2. The van der Waals surface area contributed by atoms with E-state index >= 15 is 0 Å². The fraction of sp³-hybridized carbons (Fsp3) is 0.680. The summed E-state index contributed by atoms with van der Waals surface area (Å²) in [6.07, 6.45) is 9.62. The molecule has 0 spiro atoms. The smallest absolute Gasteiger partial charge is 0.225 e. The molecule has 3 fully saturated rings. The van der Waals surface area contributed by atoms with Crippen molar-refractivity contribution in [1.82, 2.24) is 20.4 Å². The van der Waals surface area contributed by atoms with Crippen molar-refractivity contribution in [2.45, 2.75) is 70.5 Å². The highest BCUT2D eigenvalue weighted by Gasteiger charge is 2.32. The average Bonchev–Trinajstić information content (AvgIpc) is 3.50. The van der Waals surface area contributed by atoms with Gasteiger partial charge in [0.15, 0.2) is 5.96 Å². The molecule has 2 heterocycles. The zero-order valence-electron chi connectivity index (χ0n) is 19.1. The minimum atomic E-state index is 0.272. The molecule has 4 rings (SSSR count). The van der Waals surface area contributed by atoms with E-state index in [4.69, 9.17) is 0 Å². The zero-order valence-corrected chi connectivity index (χ0v) is 19.1. The van der Waals surface area contributed by atoms with Gasteiger partial charge in [0.25, 0.3) is 0 Å². The number of piperidine rings is 1. The second-order valence-electron chi connectivity index (χ2n) is 9.47.